The van der Waals surface area contributed by atoms with Crippen LogP contribution in [0.4, 0.5) is 5.69 Å². The minimum absolute atomic E-state index is 0.150. The smallest absolute Gasteiger partial charge is 0.254 e. The van der Waals surface area contributed by atoms with Gasteiger partial charge in [-0.15, -0.1) is 11.3 Å². The van der Waals surface area contributed by atoms with Crippen LogP contribution in [0.25, 0.3) is 10.2 Å². The third kappa shape index (κ3) is 3.38. The molecule has 5 rings (SSSR count). The molecule has 1 amide bonds. The molecule has 162 valence electrons. The highest BCUT2D eigenvalue weighted by Gasteiger charge is 2.52. The van der Waals surface area contributed by atoms with Crippen LogP contribution in [0, 0.1) is 0 Å². The molecule has 0 radical (unpaired) electrons. The molecule has 3 aromatic rings. The fraction of sp³-hybridized carbons (Fsp3) is 0.409. The number of nitrogens with zero attached hydrogens (tertiary/aromatic N) is 4. The summed E-state index contributed by atoms with van der Waals surface area (Å²) >= 11 is 1.52. The Labute approximate surface area is 185 Å². The van der Waals surface area contributed by atoms with Crippen LogP contribution in [0.3, 0.4) is 0 Å². The van der Waals surface area contributed by atoms with Crippen molar-refractivity contribution in [3.05, 3.63) is 53.3 Å². The van der Waals surface area contributed by atoms with Gasteiger partial charge in [-0.2, -0.15) is 0 Å². The molecule has 0 aliphatic carbocycles. The number of fused-ring (bicyclic) bond motifs is 1. The molecular formula is C22H27N7OS. The Hall–Kier alpha value is -2.59. The van der Waals surface area contributed by atoms with E-state index >= 15 is 0 Å². The second-order valence-electron chi connectivity index (χ2n) is 8.47. The average Bonchev–Trinajstić information content (AvgIpc) is 3.22. The molecule has 5 heterocycles. The molecule has 2 aliphatic heterocycles. The van der Waals surface area contributed by atoms with Gasteiger partial charge in [0.25, 0.3) is 5.91 Å². The highest BCUT2D eigenvalue weighted by Crippen LogP contribution is 2.40. The molecule has 3 aromatic heterocycles. The van der Waals surface area contributed by atoms with Gasteiger partial charge in [0, 0.05) is 60.9 Å². The number of rotatable bonds is 4. The number of aromatic nitrogens is 2. The first-order chi connectivity index (χ1) is 15.0. The van der Waals surface area contributed by atoms with Crippen molar-refractivity contribution in [3.63, 3.8) is 0 Å². The minimum Gasteiger partial charge on any atom is -0.370 e. The van der Waals surface area contributed by atoms with Crippen molar-refractivity contribution < 1.29 is 4.79 Å². The number of amides is 1. The average molecular weight is 438 g/mol. The van der Waals surface area contributed by atoms with Gasteiger partial charge in [0.15, 0.2) is 0 Å². The number of piperidine rings is 1. The third-order valence-corrected chi connectivity index (χ3v) is 7.46. The van der Waals surface area contributed by atoms with Crippen LogP contribution in [0.2, 0.25) is 0 Å². The first-order valence-corrected chi connectivity index (χ1v) is 11.4. The Balaban J connectivity index is 1.43. The summed E-state index contributed by atoms with van der Waals surface area (Å²) in [6.07, 6.45) is 7.41. The van der Waals surface area contributed by atoms with Gasteiger partial charge in [-0.25, -0.2) is 0 Å². The van der Waals surface area contributed by atoms with E-state index in [0.29, 0.717) is 12.1 Å². The Morgan fingerprint density at radius 2 is 2.19 bits per heavy atom. The number of carbonyl (C=O) groups excluding carboxylic acids is 1. The Bertz CT molecular complexity index is 1120. The van der Waals surface area contributed by atoms with Crippen molar-refractivity contribution >= 4 is 33.1 Å². The highest BCUT2D eigenvalue weighted by molar-refractivity contribution is 7.17. The lowest BCUT2D eigenvalue weighted by atomic mass is 9.82. The van der Waals surface area contributed by atoms with Crippen molar-refractivity contribution in [2.24, 2.45) is 11.5 Å². The van der Waals surface area contributed by atoms with Crippen molar-refractivity contribution in [3.8, 4) is 0 Å². The lowest BCUT2D eigenvalue weighted by molar-refractivity contribution is -0.0304. The van der Waals surface area contributed by atoms with Gasteiger partial charge < -0.3 is 21.7 Å². The molecule has 2 unspecified atom stereocenters. The normalized spacial score (nSPS) is 26.6. The maximum Gasteiger partial charge on any atom is 0.254 e. The summed E-state index contributed by atoms with van der Waals surface area (Å²) in [5.41, 5.74) is 15.6. The summed E-state index contributed by atoms with van der Waals surface area (Å²) in [5.74, 6) is -0.150. The van der Waals surface area contributed by atoms with Crippen LogP contribution in [-0.4, -0.2) is 59.5 Å². The van der Waals surface area contributed by atoms with Crippen LogP contribution in [0.15, 0.2) is 42.2 Å². The Morgan fingerprint density at radius 1 is 1.32 bits per heavy atom. The van der Waals surface area contributed by atoms with Crippen molar-refractivity contribution in [2.75, 3.05) is 31.6 Å². The van der Waals surface area contributed by atoms with Gasteiger partial charge >= 0.3 is 0 Å². The van der Waals surface area contributed by atoms with E-state index in [-0.39, 0.29) is 18.0 Å². The molecule has 2 saturated heterocycles. The van der Waals surface area contributed by atoms with Gasteiger partial charge in [-0.1, -0.05) is 0 Å². The number of hydrogen-bond donors (Lipinski definition) is 3. The van der Waals surface area contributed by atoms with Gasteiger partial charge in [0.1, 0.15) is 5.66 Å². The van der Waals surface area contributed by atoms with Gasteiger partial charge in [-0.05, 0) is 38.1 Å². The number of pyridine rings is 2. The van der Waals surface area contributed by atoms with E-state index in [9.17, 15) is 4.79 Å². The summed E-state index contributed by atoms with van der Waals surface area (Å²) in [6.45, 7) is 2.39. The summed E-state index contributed by atoms with van der Waals surface area (Å²) in [7, 11) is 1.98. The number of carbonyl (C=O) groups is 1. The molecule has 0 aromatic carbocycles. The second-order valence-corrected chi connectivity index (χ2v) is 9.38. The molecule has 0 saturated carbocycles. The molecule has 2 fully saturated rings. The highest BCUT2D eigenvalue weighted by atomic mass is 32.1. The van der Waals surface area contributed by atoms with Crippen LogP contribution >= 0.6 is 11.3 Å². The number of thiophene rings is 1. The number of likely N-dealkylation sites (N-methyl/N-ethyl adjacent to an activating group) is 1. The molecule has 0 spiro atoms. The van der Waals surface area contributed by atoms with Gasteiger partial charge in [-0.3, -0.25) is 19.7 Å². The van der Waals surface area contributed by atoms with E-state index in [0.717, 1.165) is 47.4 Å². The zero-order valence-corrected chi connectivity index (χ0v) is 18.3. The van der Waals surface area contributed by atoms with E-state index in [2.05, 4.69) is 25.1 Å². The van der Waals surface area contributed by atoms with Crippen LogP contribution in [0.1, 0.15) is 28.8 Å². The molecule has 5 N–H and O–H groups in total. The monoisotopic (exact) mass is 437 g/mol. The maximum absolute atomic E-state index is 13.1. The summed E-state index contributed by atoms with van der Waals surface area (Å²) in [6, 6.07) is 5.76. The van der Waals surface area contributed by atoms with E-state index < -0.39 is 5.66 Å². The fourth-order valence-electron chi connectivity index (χ4n) is 4.73. The lowest BCUT2D eigenvalue weighted by Gasteiger charge is -2.55. The summed E-state index contributed by atoms with van der Waals surface area (Å²) < 4.78 is 0.994. The van der Waals surface area contributed by atoms with Gasteiger partial charge in [0.2, 0.25) is 0 Å². The molecular weight excluding hydrogens is 410 g/mol. The second kappa shape index (κ2) is 7.83. The first kappa shape index (κ1) is 20.3. The molecule has 8 nitrogen and oxygen atoms in total. The van der Waals surface area contributed by atoms with Crippen LogP contribution in [0.5, 0.6) is 0 Å². The third-order valence-electron chi connectivity index (χ3n) is 6.53. The van der Waals surface area contributed by atoms with E-state index in [4.69, 9.17) is 11.5 Å². The topological polar surface area (TPSA) is 113 Å². The summed E-state index contributed by atoms with van der Waals surface area (Å²) in [5, 5.41) is 5.02. The summed E-state index contributed by atoms with van der Waals surface area (Å²) in [4.78, 5) is 26.2. The number of hydrogen-bond acceptors (Lipinski definition) is 8. The predicted molar refractivity (Wildman–Crippen MR) is 123 cm³/mol. The fourth-order valence-corrected chi connectivity index (χ4v) is 5.63. The molecule has 0 bridgehead atoms. The zero-order chi connectivity index (χ0) is 21.6. The van der Waals surface area contributed by atoms with Crippen molar-refractivity contribution in [1.82, 2.24) is 20.2 Å². The first-order valence-electron chi connectivity index (χ1n) is 10.6. The Kier molecular flexibility index (Phi) is 5.13. The van der Waals surface area contributed by atoms with E-state index in [1.807, 2.05) is 36.8 Å². The zero-order valence-electron chi connectivity index (χ0n) is 17.5. The number of likely N-dealkylation sites (tertiary alicyclic amines) is 1. The Morgan fingerprint density at radius 3 is 3.00 bits per heavy atom. The number of nitrogens with one attached hydrogen (secondary N) is 1. The number of nitrogens with two attached hydrogens (primary N) is 2. The molecule has 2 aliphatic rings. The van der Waals surface area contributed by atoms with Crippen molar-refractivity contribution in [2.45, 2.75) is 30.6 Å². The standard InChI is InChI=1S/C22H27N7OS/c1-28-12-19(27-21(30)15-13-31-18-5-2-7-26-20(15)18)22(28,24)16-10-25-8-6-17(16)29-9-3-4-14(23)11-29/h2,5-8,10,13-14,19H,3-4,9,11-12,23-24H2,1H3,(H,27,30)/t14-,19?,22?/m0/s1. The van der Waals surface area contributed by atoms with E-state index in [1.54, 1.807) is 12.4 Å². The lowest BCUT2D eigenvalue weighted by Crippen LogP contribution is -2.76. The van der Waals surface area contributed by atoms with Crippen LogP contribution in [-0.2, 0) is 5.66 Å². The maximum atomic E-state index is 13.1. The largest absolute Gasteiger partial charge is 0.370 e. The van der Waals surface area contributed by atoms with Crippen LogP contribution < -0.4 is 21.7 Å². The quantitative estimate of drug-likeness (QED) is 0.566. The van der Waals surface area contributed by atoms with Crippen molar-refractivity contribution in [1.29, 1.82) is 0 Å². The minimum atomic E-state index is -0.847. The SMILES string of the molecule is CN1CC(NC(=O)c2csc3cccnc23)C1(N)c1cnccc1N1CCC[C@H](N)C1. The predicted octanol–water partition coefficient (Wildman–Crippen LogP) is 1.47. The molecule has 9 heteroatoms. The van der Waals surface area contributed by atoms with Gasteiger partial charge in [0.05, 0.1) is 21.8 Å². The number of anilines is 1. The molecule has 31 heavy (non-hydrogen) atoms. The molecule has 3 atom stereocenters. The van der Waals surface area contributed by atoms with E-state index in [1.165, 1.54) is 11.3 Å².